The lowest BCUT2D eigenvalue weighted by molar-refractivity contribution is -0.125. The van der Waals surface area contributed by atoms with Gasteiger partial charge in [0.1, 0.15) is 5.75 Å². The van der Waals surface area contributed by atoms with Gasteiger partial charge in [-0.15, -0.1) is 0 Å². The highest BCUT2D eigenvalue weighted by molar-refractivity contribution is 5.79. The molecule has 1 atom stereocenters. The number of piperidine rings is 1. The normalized spacial score (nSPS) is 20.8. The van der Waals surface area contributed by atoms with Gasteiger partial charge in [-0.2, -0.15) is 4.98 Å². The Bertz CT molecular complexity index is 814. The molecule has 0 radical (unpaired) electrons. The summed E-state index contributed by atoms with van der Waals surface area (Å²) in [4.78, 5) is 21.5. The molecule has 4 rings (SSSR count). The first kappa shape index (κ1) is 19.7. The molecule has 0 bridgehead atoms. The number of likely N-dealkylation sites (tertiary alicyclic amines) is 1. The van der Waals surface area contributed by atoms with Crippen molar-refractivity contribution in [3.8, 4) is 17.1 Å². The number of carbonyl (C=O) groups is 1. The molecule has 1 aromatic heterocycles. The number of ether oxygens (including phenoxy) is 1. The maximum Gasteiger partial charge on any atom is 0.324 e. The maximum atomic E-state index is 12.5. The molecule has 8 nitrogen and oxygen atoms in total. The zero-order valence-corrected chi connectivity index (χ0v) is 17.1. The van der Waals surface area contributed by atoms with Crippen LogP contribution >= 0.6 is 0 Å². The number of likely N-dealkylation sites (N-methyl/N-ethyl adjacent to an activating group) is 1. The smallest absolute Gasteiger partial charge is 0.324 e. The van der Waals surface area contributed by atoms with E-state index in [9.17, 15) is 4.79 Å². The van der Waals surface area contributed by atoms with E-state index in [4.69, 9.17) is 9.26 Å². The van der Waals surface area contributed by atoms with E-state index in [-0.39, 0.29) is 11.8 Å². The summed E-state index contributed by atoms with van der Waals surface area (Å²) in [5.41, 5.74) is 0.881. The number of nitrogens with zero attached hydrogens (tertiary/aromatic N) is 4. The summed E-state index contributed by atoms with van der Waals surface area (Å²) in [6.45, 7) is 3.36. The molecule has 2 aliphatic heterocycles. The van der Waals surface area contributed by atoms with Crippen LogP contribution in [0.25, 0.3) is 11.4 Å². The molecule has 8 heteroatoms. The molecular weight excluding hydrogens is 370 g/mol. The highest BCUT2D eigenvalue weighted by Crippen LogP contribution is 2.26. The Morgan fingerprint density at radius 1 is 1.21 bits per heavy atom. The summed E-state index contributed by atoms with van der Waals surface area (Å²) < 4.78 is 10.6. The summed E-state index contributed by atoms with van der Waals surface area (Å²) in [5, 5.41) is 7.25. The quantitative estimate of drug-likeness (QED) is 0.797. The first-order valence-corrected chi connectivity index (χ1v) is 10.3. The first-order valence-electron chi connectivity index (χ1n) is 10.3. The molecule has 156 valence electrons. The van der Waals surface area contributed by atoms with Crippen molar-refractivity contribution in [2.45, 2.75) is 31.7 Å². The van der Waals surface area contributed by atoms with Crippen LogP contribution in [-0.2, 0) is 4.79 Å². The van der Waals surface area contributed by atoms with Crippen LogP contribution in [0.5, 0.6) is 5.75 Å². The van der Waals surface area contributed by atoms with Crippen molar-refractivity contribution >= 4 is 11.9 Å². The van der Waals surface area contributed by atoms with Gasteiger partial charge >= 0.3 is 6.01 Å². The number of carbonyl (C=O) groups excluding carboxylic acids is 1. The Hall–Kier alpha value is -2.61. The lowest BCUT2D eigenvalue weighted by Gasteiger charge is -2.30. The Kier molecular flexibility index (Phi) is 5.99. The number of anilines is 1. The zero-order chi connectivity index (χ0) is 20.2. The number of amides is 1. The summed E-state index contributed by atoms with van der Waals surface area (Å²) in [5.74, 6) is 1.58. The third-order valence-electron chi connectivity index (χ3n) is 6.08. The predicted molar refractivity (Wildman–Crippen MR) is 110 cm³/mol. The van der Waals surface area contributed by atoms with Crippen LogP contribution in [0.15, 0.2) is 28.8 Å². The number of benzene rings is 1. The Morgan fingerprint density at radius 2 is 1.97 bits per heavy atom. The van der Waals surface area contributed by atoms with Gasteiger partial charge in [0, 0.05) is 37.2 Å². The molecule has 2 aromatic rings. The SMILES string of the molecule is COc1ccc(-c2noc(N3CCC(C(=O)NC[C@H]4CCCN4C)CC3)n2)cc1. The topological polar surface area (TPSA) is 83.7 Å². The first-order chi connectivity index (χ1) is 14.1. The summed E-state index contributed by atoms with van der Waals surface area (Å²) in [6, 6.07) is 8.56. The second kappa shape index (κ2) is 8.82. The molecule has 29 heavy (non-hydrogen) atoms. The average Bonchev–Trinajstić information content (AvgIpc) is 3.41. The zero-order valence-electron chi connectivity index (χ0n) is 17.1. The van der Waals surface area contributed by atoms with Gasteiger partial charge in [-0.3, -0.25) is 4.79 Å². The third kappa shape index (κ3) is 4.53. The maximum absolute atomic E-state index is 12.5. The van der Waals surface area contributed by atoms with Gasteiger partial charge in [0.2, 0.25) is 11.7 Å². The van der Waals surface area contributed by atoms with Crippen LogP contribution in [0, 0.1) is 5.92 Å². The van der Waals surface area contributed by atoms with Crippen LogP contribution in [0.2, 0.25) is 0 Å². The van der Waals surface area contributed by atoms with Crippen LogP contribution in [-0.4, -0.2) is 67.3 Å². The van der Waals surface area contributed by atoms with Crippen LogP contribution in [0.1, 0.15) is 25.7 Å². The van der Waals surface area contributed by atoms with E-state index < -0.39 is 0 Å². The second-order valence-electron chi connectivity index (χ2n) is 7.91. The van der Waals surface area contributed by atoms with Gasteiger partial charge in [-0.1, -0.05) is 5.16 Å². The number of hydrogen-bond acceptors (Lipinski definition) is 7. The molecule has 2 fully saturated rings. The van der Waals surface area contributed by atoms with Crippen molar-refractivity contribution in [2.24, 2.45) is 5.92 Å². The lowest BCUT2D eigenvalue weighted by atomic mass is 9.96. The molecule has 0 spiro atoms. The van der Waals surface area contributed by atoms with E-state index in [0.717, 1.165) is 50.3 Å². The average molecular weight is 399 g/mol. The van der Waals surface area contributed by atoms with Crippen molar-refractivity contribution < 1.29 is 14.1 Å². The van der Waals surface area contributed by atoms with Crippen molar-refractivity contribution in [3.63, 3.8) is 0 Å². The van der Waals surface area contributed by atoms with Gasteiger partial charge in [0.25, 0.3) is 0 Å². The molecule has 0 unspecified atom stereocenters. The van der Waals surface area contributed by atoms with Crippen molar-refractivity contribution in [1.29, 1.82) is 0 Å². The highest BCUT2D eigenvalue weighted by atomic mass is 16.5. The Balaban J connectivity index is 1.28. The van der Waals surface area contributed by atoms with E-state index in [2.05, 4.69) is 32.3 Å². The Morgan fingerprint density at radius 3 is 2.62 bits per heavy atom. The number of rotatable bonds is 6. The van der Waals surface area contributed by atoms with E-state index in [0.29, 0.717) is 17.9 Å². The highest BCUT2D eigenvalue weighted by Gasteiger charge is 2.29. The standard InChI is InChI=1S/C21H29N5O3/c1-25-11-3-4-17(25)14-22-20(27)16-9-12-26(13-10-16)21-23-19(24-29-21)15-5-7-18(28-2)8-6-15/h5-8,16-17H,3-4,9-14H2,1-2H3,(H,22,27)/t17-/m1/s1. The van der Waals surface area contributed by atoms with Gasteiger partial charge < -0.3 is 24.4 Å². The van der Waals surface area contributed by atoms with Crippen molar-refractivity contribution in [3.05, 3.63) is 24.3 Å². The van der Waals surface area contributed by atoms with Gasteiger partial charge in [0.15, 0.2) is 0 Å². The summed E-state index contributed by atoms with van der Waals surface area (Å²) >= 11 is 0. The number of hydrogen-bond donors (Lipinski definition) is 1. The van der Waals surface area contributed by atoms with E-state index in [1.165, 1.54) is 12.8 Å². The van der Waals surface area contributed by atoms with Gasteiger partial charge in [-0.25, -0.2) is 0 Å². The minimum absolute atomic E-state index is 0.0574. The molecule has 2 aliphatic rings. The molecule has 1 N–H and O–H groups in total. The van der Waals surface area contributed by atoms with E-state index in [1.807, 2.05) is 24.3 Å². The molecule has 0 saturated carbocycles. The second-order valence-corrected chi connectivity index (χ2v) is 7.91. The fourth-order valence-corrected chi connectivity index (χ4v) is 4.13. The van der Waals surface area contributed by atoms with Crippen LogP contribution in [0.4, 0.5) is 6.01 Å². The third-order valence-corrected chi connectivity index (χ3v) is 6.08. The van der Waals surface area contributed by atoms with E-state index >= 15 is 0 Å². The molecule has 0 aliphatic carbocycles. The van der Waals surface area contributed by atoms with Crippen molar-refractivity contribution in [2.75, 3.05) is 45.2 Å². The largest absolute Gasteiger partial charge is 0.497 e. The van der Waals surface area contributed by atoms with Crippen LogP contribution in [0.3, 0.4) is 0 Å². The lowest BCUT2D eigenvalue weighted by Crippen LogP contribution is -2.44. The number of aromatic nitrogens is 2. The number of methoxy groups -OCH3 is 1. The van der Waals surface area contributed by atoms with Crippen LogP contribution < -0.4 is 15.0 Å². The Labute approximate surface area is 171 Å². The summed E-state index contributed by atoms with van der Waals surface area (Å²) in [6.07, 6.45) is 3.99. The fraction of sp³-hybridized carbons (Fsp3) is 0.571. The van der Waals surface area contributed by atoms with Gasteiger partial charge in [-0.05, 0) is 63.5 Å². The van der Waals surface area contributed by atoms with Gasteiger partial charge in [0.05, 0.1) is 7.11 Å². The van der Waals surface area contributed by atoms with E-state index in [1.54, 1.807) is 7.11 Å². The fourth-order valence-electron chi connectivity index (χ4n) is 4.13. The van der Waals surface area contributed by atoms with Crippen molar-refractivity contribution in [1.82, 2.24) is 20.4 Å². The monoisotopic (exact) mass is 399 g/mol. The molecule has 2 saturated heterocycles. The molecule has 1 amide bonds. The summed E-state index contributed by atoms with van der Waals surface area (Å²) in [7, 11) is 3.77. The molecule has 1 aromatic carbocycles. The minimum atomic E-state index is 0.0574. The predicted octanol–water partition coefficient (Wildman–Crippen LogP) is 2.17. The number of nitrogens with one attached hydrogen (secondary N) is 1. The molecular formula is C21H29N5O3. The molecule has 3 heterocycles. The minimum Gasteiger partial charge on any atom is -0.497 e.